The number of hydrogen-bond acceptors (Lipinski definition) is 7. The zero-order valence-electron chi connectivity index (χ0n) is 22.6. The molecule has 1 N–H and O–H groups in total. The molecule has 2 saturated heterocycles. The van der Waals surface area contributed by atoms with Crippen LogP contribution in [0, 0.1) is 30.3 Å². The van der Waals surface area contributed by atoms with Crippen LogP contribution in [0.1, 0.15) is 67.0 Å². The maximum atomic E-state index is 16.1. The minimum absolute atomic E-state index is 0.0570. The number of halogens is 3. The highest BCUT2D eigenvalue weighted by Crippen LogP contribution is 2.44. The van der Waals surface area contributed by atoms with Gasteiger partial charge in [0.15, 0.2) is 11.6 Å². The van der Waals surface area contributed by atoms with Gasteiger partial charge in [-0.1, -0.05) is 0 Å². The fourth-order valence-electron chi connectivity index (χ4n) is 6.25. The van der Waals surface area contributed by atoms with Crippen molar-refractivity contribution in [3.63, 3.8) is 0 Å². The van der Waals surface area contributed by atoms with Gasteiger partial charge in [-0.05, 0) is 64.0 Å². The average Bonchev–Trinajstić information content (AvgIpc) is 3.73. The summed E-state index contributed by atoms with van der Waals surface area (Å²) in [6.45, 7) is 5.78. The number of aromatic nitrogens is 4. The van der Waals surface area contributed by atoms with Gasteiger partial charge in [-0.3, -0.25) is 19.7 Å². The van der Waals surface area contributed by atoms with E-state index in [9.17, 15) is 18.7 Å². The molecule has 0 radical (unpaired) electrons. The normalized spacial score (nSPS) is 24.3. The Labute approximate surface area is 230 Å². The maximum Gasteiger partial charge on any atom is 0.257 e. The number of carbonyl (C=O) groups excluding carboxylic acids is 1. The van der Waals surface area contributed by atoms with E-state index in [4.69, 9.17) is 0 Å². The Morgan fingerprint density at radius 2 is 1.90 bits per heavy atom. The van der Waals surface area contributed by atoms with Gasteiger partial charge >= 0.3 is 0 Å². The summed E-state index contributed by atoms with van der Waals surface area (Å²) in [7, 11) is 0. The van der Waals surface area contributed by atoms with E-state index >= 15 is 4.39 Å². The highest BCUT2D eigenvalue weighted by atomic mass is 19.1. The Hall–Kier alpha value is -3.44. The van der Waals surface area contributed by atoms with Crippen molar-refractivity contribution in [3.8, 4) is 11.4 Å². The summed E-state index contributed by atoms with van der Waals surface area (Å²) in [5.41, 5.74) is -0.595. The summed E-state index contributed by atoms with van der Waals surface area (Å²) in [6, 6.07) is 1.94. The van der Waals surface area contributed by atoms with Crippen LogP contribution < -0.4 is 0 Å². The molecule has 1 aliphatic carbocycles. The molecule has 3 aliphatic rings. The lowest BCUT2D eigenvalue weighted by Gasteiger charge is -2.45. The van der Waals surface area contributed by atoms with Crippen LogP contribution in [-0.4, -0.2) is 65.4 Å². The molecule has 11 heteroatoms. The summed E-state index contributed by atoms with van der Waals surface area (Å²) in [5.74, 6) is -2.36. The summed E-state index contributed by atoms with van der Waals surface area (Å²) in [5, 5.41) is 10.9. The van der Waals surface area contributed by atoms with Crippen molar-refractivity contribution >= 4 is 5.91 Å². The van der Waals surface area contributed by atoms with Gasteiger partial charge in [0.25, 0.3) is 5.91 Å². The van der Waals surface area contributed by atoms with E-state index in [1.54, 1.807) is 18.7 Å². The average molecular weight is 553 g/mol. The molecular formula is C29H31F3N6O2. The number of aryl methyl sites for hydroxylation is 1. The minimum Gasteiger partial charge on any atom is -0.382 e. The Morgan fingerprint density at radius 3 is 2.62 bits per heavy atom. The van der Waals surface area contributed by atoms with Crippen LogP contribution in [0.2, 0.25) is 0 Å². The van der Waals surface area contributed by atoms with Gasteiger partial charge < -0.3 is 10.0 Å². The maximum absolute atomic E-state index is 16.1. The number of hydrogen-bond donors (Lipinski definition) is 1. The van der Waals surface area contributed by atoms with Gasteiger partial charge in [-0.15, -0.1) is 0 Å². The number of pyridine rings is 2. The molecule has 1 amide bonds. The lowest BCUT2D eigenvalue weighted by molar-refractivity contribution is 0.0158. The van der Waals surface area contributed by atoms with Gasteiger partial charge in [0, 0.05) is 49.7 Å². The van der Waals surface area contributed by atoms with Gasteiger partial charge in [-0.2, -0.15) is 0 Å². The third-order valence-electron chi connectivity index (χ3n) is 8.77. The van der Waals surface area contributed by atoms with Crippen LogP contribution in [0.4, 0.5) is 13.2 Å². The molecule has 3 aromatic rings. The second-order valence-electron chi connectivity index (χ2n) is 11.4. The first kappa shape index (κ1) is 26.8. The zero-order chi connectivity index (χ0) is 28.3. The highest BCUT2D eigenvalue weighted by Gasteiger charge is 2.47. The van der Waals surface area contributed by atoms with Gasteiger partial charge in [0.05, 0.1) is 23.1 Å². The van der Waals surface area contributed by atoms with Crippen LogP contribution in [0.5, 0.6) is 0 Å². The number of fused-ring (bicyclic) bond motifs is 2. The number of piperazine rings is 1. The standard InChI is InChI=1S/C29H31F3N6O2/c1-15-11-35-26(21-8-9-33-28(36-21)29(3,40)17-4-5-17)25(32)24(15)27(39)37-13-19-6-7-23(16(37)2)38(19)14-22-20(31)10-18(30)12-34-22/h8-12,16-17,19,23,40H,4-7,13-14H2,1-3H3/t16-,19+,23-,29+/m0/s1. The summed E-state index contributed by atoms with van der Waals surface area (Å²) in [4.78, 5) is 34.5. The van der Waals surface area contributed by atoms with Crippen LogP contribution in [0.3, 0.4) is 0 Å². The van der Waals surface area contributed by atoms with Crippen molar-refractivity contribution in [2.75, 3.05) is 6.54 Å². The molecule has 3 aromatic heterocycles. The third kappa shape index (κ3) is 4.54. The first-order valence-electron chi connectivity index (χ1n) is 13.6. The molecule has 0 aromatic carbocycles. The largest absolute Gasteiger partial charge is 0.382 e. The highest BCUT2D eigenvalue weighted by molar-refractivity contribution is 5.97. The summed E-state index contributed by atoms with van der Waals surface area (Å²) < 4.78 is 43.8. The molecule has 210 valence electrons. The van der Waals surface area contributed by atoms with Crippen LogP contribution in [0.25, 0.3) is 11.4 Å². The molecule has 5 heterocycles. The molecule has 2 aliphatic heterocycles. The Bertz CT molecular complexity index is 1480. The number of amides is 1. The molecule has 8 nitrogen and oxygen atoms in total. The molecular weight excluding hydrogens is 521 g/mol. The summed E-state index contributed by atoms with van der Waals surface area (Å²) >= 11 is 0. The first-order chi connectivity index (χ1) is 19.1. The molecule has 3 fully saturated rings. The third-order valence-corrected chi connectivity index (χ3v) is 8.77. The fourth-order valence-corrected chi connectivity index (χ4v) is 6.25. The number of likely N-dealkylation sites (tertiary alicyclic amines) is 1. The SMILES string of the molecule is Cc1cnc(-c2ccnc([C@](C)(O)C3CC3)n2)c(F)c1C(=O)N1C[C@H]2CC[C@@H]([C@@H]1C)N2Cc1ncc(F)cc1F. The van der Waals surface area contributed by atoms with Gasteiger partial charge in [0.1, 0.15) is 22.9 Å². The van der Waals surface area contributed by atoms with E-state index in [0.29, 0.717) is 12.1 Å². The molecule has 1 saturated carbocycles. The molecule has 0 spiro atoms. The van der Waals surface area contributed by atoms with Crippen molar-refractivity contribution in [2.24, 2.45) is 5.92 Å². The molecule has 2 bridgehead atoms. The molecule has 0 unspecified atom stereocenters. The van der Waals surface area contributed by atoms with Crippen LogP contribution >= 0.6 is 0 Å². The first-order valence-corrected chi connectivity index (χ1v) is 13.6. The van der Waals surface area contributed by atoms with Crippen molar-refractivity contribution in [1.82, 2.24) is 29.7 Å². The quantitative estimate of drug-likeness (QED) is 0.491. The van der Waals surface area contributed by atoms with Crippen molar-refractivity contribution in [3.05, 3.63) is 70.8 Å². The minimum atomic E-state index is -1.23. The van der Waals surface area contributed by atoms with Crippen molar-refractivity contribution in [2.45, 2.75) is 76.7 Å². The van der Waals surface area contributed by atoms with Crippen molar-refractivity contribution < 1.29 is 23.1 Å². The van der Waals surface area contributed by atoms with E-state index in [-0.39, 0.29) is 59.1 Å². The van der Waals surface area contributed by atoms with Crippen LogP contribution in [-0.2, 0) is 12.1 Å². The second kappa shape index (κ2) is 9.88. The Morgan fingerprint density at radius 1 is 1.12 bits per heavy atom. The lowest BCUT2D eigenvalue weighted by Crippen LogP contribution is -2.60. The number of carbonyl (C=O) groups is 1. The number of rotatable bonds is 6. The van der Waals surface area contributed by atoms with E-state index in [2.05, 4.69) is 24.8 Å². The predicted octanol–water partition coefficient (Wildman–Crippen LogP) is 4.15. The Balaban J connectivity index is 1.27. The lowest BCUT2D eigenvalue weighted by atomic mass is 9.99. The smallest absolute Gasteiger partial charge is 0.257 e. The number of aliphatic hydroxyl groups is 1. The topological polar surface area (TPSA) is 95.3 Å². The second-order valence-corrected chi connectivity index (χ2v) is 11.4. The van der Waals surface area contributed by atoms with Gasteiger partial charge in [-0.25, -0.2) is 23.1 Å². The van der Waals surface area contributed by atoms with E-state index < -0.39 is 29.0 Å². The zero-order valence-corrected chi connectivity index (χ0v) is 22.6. The van der Waals surface area contributed by atoms with E-state index in [1.165, 1.54) is 18.5 Å². The monoisotopic (exact) mass is 552 g/mol. The van der Waals surface area contributed by atoms with E-state index in [0.717, 1.165) is 37.9 Å². The summed E-state index contributed by atoms with van der Waals surface area (Å²) in [6.07, 6.45) is 7.28. The number of nitrogens with zero attached hydrogens (tertiary/aromatic N) is 6. The molecule has 6 rings (SSSR count). The fraction of sp³-hybridized carbons (Fsp3) is 0.483. The van der Waals surface area contributed by atoms with Crippen molar-refractivity contribution in [1.29, 1.82) is 0 Å². The Kier molecular flexibility index (Phi) is 6.61. The predicted molar refractivity (Wildman–Crippen MR) is 139 cm³/mol. The van der Waals surface area contributed by atoms with E-state index in [1.807, 2.05) is 6.92 Å². The van der Waals surface area contributed by atoms with Gasteiger partial charge in [0.2, 0.25) is 0 Å². The molecule has 4 atom stereocenters. The molecule has 40 heavy (non-hydrogen) atoms. The van der Waals surface area contributed by atoms with Crippen LogP contribution in [0.15, 0.2) is 30.7 Å².